The fraction of sp³-hybridized carbons (Fsp3) is 0.115. The lowest BCUT2D eigenvalue weighted by Gasteiger charge is -2.09. The van der Waals surface area contributed by atoms with Gasteiger partial charge in [-0.1, -0.05) is 29.8 Å². The summed E-state index contributed by atoms with van der Waals surface area (Å²) in [6.45, 7) is 1.93. The molecule has 166 valence electrons. The number of nitrogens with one attached hydrogen (secondary N) is 2. The summed E-state index contributed by atoms with van der Waals surface area (Å²) in [5.41, 5.74) is 5.25. The first-order valence-electron chi connectivity index (χ1n) is 10.4. The lowest BCUT2D eigenvalue weighted by molar-refractivity contribution is 0.103. The first kappa shape index (κ1) is 22.3. The van der Waals surface area contributed by atoms with Crippen molar-refractivity contribution in [1.29, 1.82) is 0 Å². The Labute approximate surface area is 197 Å². The zero-order chi connectivity index (χ0) is 23.4. The zero-order valence-corrected chi connectivity index (χ0v) is 19.1. The van der Waals surface area contributed by atoms with E-state index in [1.54, 1.807) is 30.5 Å². The normalized spacial score (nSPS) is 10.6. The molecule has 0 saturated carbocycles. The number of benzene rings is 2. The summed E-state index contributed by atoms with van der Waals surface area (Å²) in [6.07, 6.45) is 2.18. The third kappa shape index (κ3) is 5.30. The minimum atomic E-state index is -0.334. The Bertz CT molecular complexity index is 1280. The van der Waals surface area contributed by atoms with Gasteiger partial charge >= 0.3 is 6.03 Å². The number of ketones is 1. The molecule has 0 saturated heterocycles. The molecule has 0 aliphatic rings. The van der Waals surface area contributed by atoms with Gasteiger partial charge in [0.15, 0.2) is 0 Å². The maximum Gasteiger partial charge on any atom is 0.323 e. The topological polar surface area (TPSA) is 76.0 Å². The third-order valence-electron chi connectivity index (χ3n) is 5.32. The van der Waals surface area contributed by atoms with Crippen molar-refractivity contribution in [1.82, 2.24) is 9.55 Å². The van der Waals surface area contributed by atoms with Crippen molar-refractivity contribution in [2.75, 3.05) is 10.6 Å². The van der Waals surface area contributed by atoms with Gasteiger partial charge in [-0.2, -0.15) is 0 Å². The molecule has 7 heteroatoms. The fourth-order valence-electron chi connectivity index (χ4n) is 3.67. The van der Waals surface area contributed by atoms with Crippen molar-refractivity contribution in [3.05, 3.63) is 112 Å². The van der Waals surface area contributed by atoms with Crippen LogP contribution in [0, 0.1) is 6.92 Å². The molecular weight excluding hydrogens is 436 g/mol. The Morgan fingerprint density at radius 1 is 0.939 bits per heavy atom. The van der Waals surface area contributed by atoms with Crippen LogP contribution in [0.15, 0.2) is 79.0 Å². The van der Waals surface area contributed by atoms with Crippen LogP contribution >= 0.6 is 11.6 Å². The summed E-state index contributed by atoms with van der Waals surface area (Å²) in [5, 5.41) is 6.13. The van der Waals surface area contributed by atoms with Gasteiger partial charge in [-0.3, -0.25) is 9.78 Å². The number of halogens is 1. The van der Waals surface area contributed by atoms with E-state index in [9.17, 15) is 9.59 Å². The van der Waals surface area contributed by atoms with Crippen LogP contribution in [-0.2, 0) is 13.5 Å². The van der Waals surface area contributed by atoms with Crippen LogP contribution < -0.4 is 10.6 Å². The van der Waals surface area contributed by atoms with E-state index in [4.69, 9.17) is 11.6 Å². The molecule has 0 atom stereocenters. The Morgan fingerprint density at radius 3 is 2.30 bits per heavy atom. The van der Waals surface area contributed by atoms with Gasteiger partial charge in [0.25, 0.3) is 0 Å². The molecule has 2 N–H and O–H groups in total. The molecular formula is C26H23ClN4O2. The molecule has 0 spiro atoms. The lowest BCUT2D eigenvalue weighted by atomic mass is 10.1. The Morgan fingerprint density at radius 2 is 1.64 bits per heavy atom. The number of anilines is 2. The zero-order valence-electron chi connectivity index (χ0n) is 18.3. The lowest BCUT2D eigenvalue weighted by Crippen LogP contribution is -2.19. The fourth-order valence-corrected chi connectivity index (χ4v) is 3.79. The molecule has 0 fully saturated rings. The van der Waals surface area contributed by atoms with Gasteiger partial charge in [-0.25, -0.2) is 4.79 Å². The number of amides is 2. The highest BCUT2D eigenvalue weighted by molar-refractivity contribution is 6.30. The van der Waals surface area contributed by atoms with Gasteiger partial charge in [0, 0.05) is 41.1 Å². The SMILES string of the molecule is Cc1cc(Cc2ccc(NC(=O)Nc3ccccc3)cn2)n(C)c1C(=O)c1ccc(Cl)cc1. The summed E-state index contributed by atoms with van der Waals surface area (Å²) in [6, 6.07) is 21.5. The van der Waals surface area contributed by atoms with Gasteiger partial charge in [0.05, 0.1) is 17.6 Å². The number of urea groups is 1. The van der Waals surface area contributed by atoms with E-state index in [1.165, 1.54) is 0 Å². The van der Waals surface area contributed by atoms with E-state index in [0.717, 1.165) is 17.0 Å². The smallest absolute Gasteiger partial charge is 0.323 e. The number of rotatable bonds is 6. The van der Waals surface area contributed by atoms with Crippen LogP contribution in [0.5, 0.6) is 0 Å². The first-order chi connectivity index (χ1) is 15.9. The van der Waals surface area contributed by atoms with Gasteiger partial charge < -0.3 is 15.2 Å². The molecule has 33 heavy (non-hydrogen) atoms. The van der Waals surface area contributed by atoms with Crippen LogP contribution in [0.4, 0.5) is 16.2 Å². The van der Waals surface area contributed by atoms with E-state index >= 15 is 0 Å². The largest absolute Gasteiger partial charge is 0.344 e. The second-order valence-electron chi connectivity index (χ2n) is 7.72. The van der Waals surface area contributed by atoms with Crippen molar-refractivity contribution in [2.45, 2.75) is 13.3 Å². The molecule has 0 aliphatic carbocycles. The van der Waals surface area contributed by atoms with E-state index in [0.29, 0.717) is 34.1 Å². The third-order valence-corrected chi connectivity index (χ3v) is 5.57. The Hall–Kier alpha value is -3.90. The highest BCUT2D eigenvalue weighted by Gasteiger charge is 2.19. The van der Waals surface area contributed by atoms with Gasteiger partial charge in [-0.15, -0.1) is 0 Å². The molecule has 6 nitrogen and oxygen atoms in total. The molecule has 0 unspecified atom stereocenters. The number of carbonyl (C=O) groups excluding carboxylic acids is 2. The molecule has 4 aromatic rings. The molecule has 0 bridgehead atoms. The highest BCUT2D eigenvalue weighted by atomic mass is 35.5. The van der Waals surface area contributed by atoms with Crippen molar-refractivity contribution in [3.8, 4) is 0 Å². The predicted octanol–water partition coefficient (Wildman–Crippen LogP) is 5.85. The summed E-state index contributed by atoms with van der Waals surface area (Å²) in [7, 11) is 1.88. The average molecular weight is 459 g/mol. The highest BCUT2D eigenvalue weighted by Crippen LogP contribution is 2.21. The number of nitrogens with zero attached hydrogens (tertiary/aromatic N) is 2. The minimum Gasteiger partial charge on any atom is -0.344 e. The maximum absolute atomic E-state index is 13.0. The number of aromatic nitrogens is 2. The van der Waals surface area contributed by atoms with Gasteiger partial charge in [0.1, 0.15) is 0 Å². The summed E-state index contributed by atoms with van der Waals surface area (Å²) < 4.78 is 1.91. The number of aryl methyl sites for hydroxylation is 1. The first-order valence-corrected chi connectivity index (χ1v) is 10.8. The van der Waals surface area contributed by atoms with Crippen LogP contribution in [0.25, 0.3) is 0 Å². The second kappa shape index (κ2) is 9.71. The summed E-state index contributed by atoms with van der Waals surface area (Å²) in [5.74, 6) is -0.0464. The van der Waals surface area contributed by atoms with E-state index in [-0.39, 0.29) is 11.8 Å². The van der Waals surface area contributed by atoms with E-state index in [1.807, 2.05) is 67.1 Å². The number of hydrogen-bond donors (Lipinski definition) is 2. The van der Waals surface area contributed by atoms with Crippen molar-refractivity contribution in [3.63, 3.8) is 0 Å². The Kier molecular flexibility index (Phi) is 6.56. The van der Waals surface area contributed by atoms with E-state index in [2.05, 4.69) is 15.6 Å². The number of pyridine rings is 1. The second-order valence-corrected chi connectivity index (χ2v) is 8.16. The van der Waals surface area contributed by atoms with Crippen molar-refractivity contribution < 1.29 is 9.59 Å². The number of carbonyl (C=O) groups is 2. The van der Waals surface area contributed by atoms with Crippen LogP contribution in [0.1, 0.15) is 33.0 Å². The maximum atomic E-state index is 13.0. The standard InChI is InChI=1S/C26H23ClN4O2/c1-17-14-23(31(2)24(17)25(32)18-8-10-19(27)11-9-18)15-21-12-13-22(16-28-21)30-26(33)29-20-6-4-3-5-7-20/h3-14,16H,15H2,1-2H3,(H2,29,30,33). The molecule has 2 amide bonds. The quantitative estimate of drug-likeness (QED) is 0.356. The summed E-state index contributed by atoms with van der Waals surface area (Å²) >= 11 is 5.94. The van der Waals surface area contributed by atoms with Crippen LogP contribution in [-0.4, -0.2) is 21.4 Å². The molecule has 0 aliphatic heterocycles. The van der Waals surface area contributed by atoms with Crippen molar-refractivity contribution in [2.24, 2.45) is 7.05 Å². The number of para-hydroxylation sites is 1. The van der Waals surface area contributed by atoms with Gasteiger partial charge in [0.2, 0.25) is 5.78 Å². The van der Waals surface area contributed by atoms with Gasteiger partial charge in [-0.05, 0) is 67.1 Å². The molecule has 2 heterocycles. The average Bonchev–Trinajstić information content (AvgIpc) is 3.08. The Balaban J connectivity index is 1.44. The minimum absolute atomic E-state index is 0.0464. The molecule has 0 radical (unpaired) electrons. The molecule has 2 aromatic heterocycles. The van der Waals surface area contributed by atoms with Crippen LogP contribution in [0.2, 0.25) is 5.02 Å². The van der Waals surface area contributed by atoms with Crippen molar-refractivity contribution >= 4 is 34.8 Å². The number of hydrogen-bond acceptors (Lipinski definition) is 3. The molecule has 2 aromatic carbocycles. The monoisotopic (exact) mass is 458 g/mol. The molecule has 4 rings (SSSR count). The van der Waals surface area contributed by atoms with Crippen LogP contribution in [0.3, 0.4) is 0 Å². The van der Waals surface area contributed by atoms with E-state index < -0.39 is 0 Å². The summed E-state index contributed by atoms with van der Waals surface area (Å²) in [4.78, 5) is 29.6. The predicted molar refractivity (Wildman–Crippen MR) is 131 cm³/mol.